The summed E-state index contributed by atoms with van der Waals surface area (Å²) < 4.78 is 27.0. The first-order chi connectivity index (χ1) is 9.40. The van der Waals surface area contributed by atoms with Crippen LogP contribution in [0.1, 0.15) is 20.7 Å². The van der Waals surface area contributed by atoms with Gasteiger partial charge in [0.05, 0.1) is 11.9 Å². The molecule has 0 bridgehead atoms. The number of carbonyl (C=O) groups excluding carboxylic acids is 2. The number of halogens is 2. The summed E-state index contributed by atoms with van der Waals surface area (Å²) in [6.07, 6.45) is 0. The molecule has 102 valence electrons. The zero-order valence-corrected chi connectivity index (χ0v) is 9.85. The molecule has 6 heteroatoms. The SMILES string of the molecule is O=C([O-])c1ccc(-c2ccc(C(=O)[O-])c(F)c2)cc1F. The first-order valence-corrected chi connectivity index (χ1v) is 5.42. The van der Waals surface area contributed by atoms with Crippen LogP contribution in [0.5, 0.6) is 0 Å². The van der Waals surface area contributed by atoms with E-state index in [2.05, 4.69) is 0 Å². The number of benzene rings is 2. The van der Waals surface area contributed by atoms with E-state index in [4.69, 9.17) is 0 Å². The maximum absolute atomic E-state index is 13.5. The Hall–Kier alpha value is -2.76. The minimum absolute atomic E-state index is 0.205. The highest BCUT2D eigenvalue weighted by Gasteiger charge is 2.09. The van der Waals surface area contributed by atoms with Crippen LogP contribution in [0, 0.1) is 11.6 Å². The van der Waals surface area contributed by atoms with Crippen LogP contribution in [0.25, 0.3) is 11.1 Å². The lowest BCUT2D eigenvalue weighted by Gasteiger charge is -2.09. The molecule has 0 saturated carbocycles. The molecule has 0 saturated heterocycles. The molecular weight excluding hydrogens is 270 g/mol. The third-order valence-corrected chi connectivity index (χ3v) is 2.71. The number of rotatable bonds is 3. The van der Waals surface area contributed by atoms with Gasteiger partial charge in [-0.2, -0.15) is 0 Å². The Morgan fingerprint density at radius 2 is 1.10 bits per heavy atom. The first-order valence-electron chi connectivity index (χ1n) is 5.42. The summed E-state index contributed by atoms with van der Waals surface area (Å²) in [5, 5.41) is 21.1. The molecule has 0 N–H and O–H groups in total. The highest BCUT2D eigenvalue weighted by molar-refractivity contribution is 5.88. The molecule has 0 amide bonds. The summed E-state index contributed by atoms with van der Waals surface area (Å²) in [6.45, 7) is 0. The Morgan fingerprint density at radius 1 is 0.750 bits per heavy atom. The average Bonchev–Trinajstić information content (AvgIpc) is 2.37. The zero-order chi connectivity index (χ0) is 14.9. The Bertz CT molecular complexity index is 649. The van der Waals surface area contributed by atoms with E-state index in [0.29, 0.717) is 0 Å². The highest BCUT2D eigenvalue weighted by Crippen LogP contribution is 2.24. The van der Waals surface area contributed by atoms with Crippen LogP contribution in [-0.4, -0.2) is 11.9 Å². The van der Waals surface area contributed by atoms with E-state index >= 15 is 0 Å². The van der Waals surface area contributed by atoms with Crippen molar-refractivity contribution < 1.29 is 28.6 Å². The van der Waals surface area contributed by atoms with Crippen molar-refractivity contribution in [3.05, 3.63) is 59.2 Å². The summed E-state index contributed by atoms with van der Waals surface area (Å²) in [7, 11) is 0. The van der Waals surface area contributed by atoms with E-state index in [1.54, 1.807) is 0 Å². The second kappa shape index (κ2) is 5.08. The summed E-state index contributed by atoms with van der Waals surface area (Å²) in [4.78, 5) is 21.1. The minimum Gasteiger partial charge on any atom is -0.545 e. The van der Waals surface area contributed by atoms with Crippen molar-refractivity contribution in [2.24, 2.45) is 0 Å². The number of hydrogen-bond donors (Lipinski definition) is 0. The number of aromatic carboxylic acids is 2. The summed E-state index contributed by atoms with van der Waals surface area (Å²) in [6, 6.07) is 6.32. The van der Waals surface area contributed by atoms with Crippen LogP contribution in [0.15, 0.2) is 36.4 Å². The lowest BCUT2D eigenvalue weighted by Crippen LogP contribution is -2.23. The fourth-order valence-corrected chi connectivity index (χ4v) is 1.72. The molecule has 2 rings (SSSR count). The van der Waals surface area contributed by atoms with Crippen molar-refractivity contribution in [3.8, 4) is 11.1 Å². The minimum atomic E-state index is -1.66. The van der Waals surface area contributed by atoms with E-state index < -0.39 is 34.7 Å². The molecule has 0 aliphatic rings. The van der Waals surface area contributed by atoms with E-state index in [9.17, 15) is 28.6 Å². The monoisotopic (exact) mass is 276 g/mol. The molecule has 0 heterocycles. The van der Waals surface area contributed by atoms with Gasteiger partial charge < -0.3 is 19.8 Å². The van der Waals surface area contributed by atoms with Crippen LogP contribution in [0.2, 0.25) is 0 Å². The molecule has 0 aliphatic carbocycles. The average molecular weight is 276 g/mol. The van der Waals surface area contributed by atoms with Crippen molar-refractivity contribution in [2.75, 3.05) is 0 Å². The fraction of sp³-hybridized carbons (Fsp3) is 0. The maximum atomic E-state index is 13.5. The first kappa shape index (κ1) is 13.7. The van der Waals surface area contributed by atoms with Gasteiger partial charge in [-0.3, -0.25) is 0 Å². The van der Waals surface area contributed by atoms with E-state index in [1.807, 2.05) is 0 Å². The standard InChI is InChI=1S/C14H8F2O4/c15-11-5-7(1-3-9(11)13(17)18)8-2-4-10(14(19)20)12(16)6-8/h1-6H,(H,17,18)(H,19,20)/p-2. The van der Waals surface area contributed by atoms with Gasteiger partial charge in [0, 0.05) is 11.1 Å². The van der Waals surface area contributed by atoms with Crippen LogP contribution >= 0.6 is 0 Å². The van der Waals surface area contributed by atoms with Crippen molar-refractivity contribution in [1.29, 1.82) is 0 Å². The molecule has 4 nitrogen and oxygen atoms in total. The zero-order valence-electron chi connectivity index (χ0n) is 9.85. The molecule has 2 aromatic carbocycles. The Labute approximate surface area is 111 Å². The summed E-state index contributed by atoms with van der Waals surface area (Å²) in [5.74, 6) is -5.36. The van der Waals surface area contributed by atoms with E-state index in [0.717, 1.165) is 24.3 Å². The topological polar surface area (TPSA) is 80.3 Å². The van der Waals surface area contributed by atoms with Crippen molar-refractivity contribution in [1.82, 2.24) is 0 Å². The van der Waals surface area contributed by atoms with Crippen LogP contribution < -0.4 is 10.2 Å². The fourth-order valence-electron chi connectivity index (χ4n) is 1.72. The number of carbonyl (C=O) groups is 2. The largest absolute Gasteiger partial charge is 0.545 e. The quantitative estimate of drug-likeness (QED) is 0.810. The lowest BCUT2D eigenvalue weighted by molar-refractivity contribution is -0.256. The predicted octanol–water partition coefficient (Wildman–Crippen LogP) is 0.359. The molecule has 0 aliphatic heterocycles. The second-order valence-electron chi connectivity index (χ2n) is 3.96. The summed E-state index contributed by atoms with van der Waals surface area (Å²) in [5.41, 5.74) is -0.811. The van der Waals surface area contributed by atoms with Crippen LogP contribution in [-0.2, 0) is 0 Å². The van der Waals surface area contributed by atoms with Crippen LogP contribution in [0.4, 0.5) is 8.78 Å². The van der Waals surface area contributed by atoms with Crippen molar-refractivity contribution in [3.63, 3.8) is 0 Å². The normalized spacial score (nSPS) is 10.3. The van der Waals surface area contributed by atoms with Gasteiger partial charge in [0.2, 0.25) is 0 Å². The maximum Gasteiger partial charge on any atom is 0.132 e. The van der Waals surface area contributed by atoms with Gasteiger partial charge in [0.15, 0.2) is 0 Å². The lowest BCUT2D eigenvalue weighted by atomic mass is 10.0. The molecule has 0 aromatic heterocycles. The molecule has 0 atom stereocenters. The van der Waals surface area contributed by atoms with Gasteiger partial charge in [-0.15, -0.1) is 0 Å². The smallest absolute Gasteiger partial charge is 0.132 e. The number of carboxylic acids is 2. The van der Waals surface area contributed by atoms with Gasteiger partial charge in [0.1, 0.15) is 11.6 Å². The van der Waals surface area contributed by atoms with Crippen molar-refractivity contribution in [2.45, 2.75) is 0 Å². The van der Waals surface area contributed by atoms with Crippen molar-refractivity contribution >= 4 is 11.9 Å². The third kappa shape index (κ3) is 2.49. The van der Waals surface area contributed by atoms with Gasteiger partial charge in [0.25, 0.3) is 0 Å². The highest BCUT2D eigenvalue weighted by atomic mass is 19.1. The Balaban J connectivity index is 2.47. The van der Waals surface area contributed by atoms with Gasteiger partial charge in [-0.05, 0) is 35.4 Å². The molecule has 2 aromatic rings. The predicted molar refractivity (Wildman–Crippen MR) is 60.5 cm³/mol. The third-order valence-electron chi connectivity index (χ3n) is 2.71. The molecular formula is C14H6F2O4-2. The Morgan fingerprint density at radius 3 is 1.35 bits per heavy atom. The van der Waals surface area contributed by atoms with Gasteiger partial charge in [-0.25, -0.2) is 8.78 Å². The van der Waals surface area contributed by atoms with E-state index in [-0.39, 0.29) is 11.1 Å². The second-order valence-corrected chi connectivity index (χ2v) is 3.96. The number of hydrogen-bond acceptors (Lipinski definition) is 4. The van der Waals surface area contributed by atoms with Gasteiger partial charge in [-0.1, -0.05) is 12.1 Å². The summed E-state index contributed by atoms with van der Waals surface area (Å²) >= 11 is 0. The Kier molecular flexibility index (Phi) is 3.47. The molecule has 0 fully saturated rings. The van der Waals surface area contributed by atoms with E-state index in [1.165, 1.54) is 12.1 Å². The van der Waals surface area contributed by atoms with Crippen LogP contribution in [0.3, 0.4) is 0 Å². The molecule has 20 heavy (non-hydrogen) atoms. The molecule has 0 spiro atoms. The molecule has 0 unspecified atom stereocenters. The van der Waals surface area contributed by atoms with Gasteiger partial charge >= 0.3 is 0 Å². The molecule has 0 radical (unpaired) electrons. The number of carboxylic acid groups (broad SMARTS) is 2.